The first-order valence-electron chi connectivity index (χ1n) is 10.5. The molecule has 0 radical (unpaired) electrons. The van der Waals surface area contributed by atoms with Crippen molar-refractivity contribution in [1.82, 2.24) is 19.6 Å². The van der Waals surface area contributed by atoms with Crippen LogP contribution in [0.1, 0.15) is 33.2 Å². The number of benzene rings is 2. The number of ether oxygens (including phenoxy) is 1. The van der Waals surface area contributed by atoms with Crippen LogP contribution in [0.3, 0.4) is 0 Å². The minimum atomic E-state index is -0.00713. The zero-order valence-electron chi connectivity index (χ0n) is 17.2. The van der Waals surface area contributed by atoms with Crippen LogP contribution < -0.4 is 4.74 Å². The van der Waals surface area contributed by atoms with Crippen LogP contribution in [0.2, 0.25) is 0 Å². The Balaban J connectivity index is 1.34. The van der Waals surface area contributed by atoms with Crippen molar-refractivity contribution in [3.8, 4) is 5.88 Å². The molecule has 154 valence electrons. The van der Waals surface area contributed by atoms with E-state index in [2.05, 4.69) is 71.5 Å². The number of amides is 1. The van der Waals surface area contributed by atoms with E-state index in [9.17, 15) is 4.79 Å². The number of carbonyl (C=O) groups is 1. The number of rotatable bonds is 4. The van der Waals surface area contributed by atoms with Gasteiger partial charge >= 0.3 is 0 Å². The fourth-order valence-corrected chi connectivity index (χ4v) is 4.48. The predicted octanol–water partition coefficient (Wildman–Crippen LogP) is 3.13. The Bertz CT molecular complexity index is 1020. The highest BCUT2D eigenvalue weighted by Crippen LogP contribution is 2.31. The third-order valence-electron chi connectivity index (χ3n) is 6.08. The van der Waals surface area contributed by atoms with Crippen LogP contribution in [0.15, 0.2) is 60.7 Å². The summed E-state index contributed by atoms with van der Waals surface area (Å²) in [5, 5.41) is 4.41. The molecule has 30 heavy (non-hydrogen) atoms. The lowest BCUT2D eigenvalue weighted by Gasteiger charge is -2.40. The van der Waals surface area contributed by atoms with Crippen LogP contribution in [-0.4, -0.2) is 58.3 Å². The minimum Gasteiger partial charge on any atom is -0.476 e. The van der Waals surface area contributed by atoms with Gasteiger partial charge in [-0.05, 0) is 23.6 Å². The van der Waals surface area contributed by atoms with Crippen LogP contribution in [0.4, 0.5) is 0 Å². The molecule has 1 atom stereocenters. The smallest absolute Gasteiger partial charge is 0.274 e. The summed E-state index contributed by atoms with van der Waals surface area (Å²) in [4.78, 5) is 17.3. The summed E-state index contributed by atoms with van der Waals surface area (Å²) in [6, 6.07) is 21.2. The number of piperazine rings is 1. The third-order valence-corrected chi connectivity index (χ3v) is 6.08. The monoisotopic (exact) mass is 402 g/mol. The molecule has 2 aliphatic rings. The summed E-state index contributed by atoms with van der Waals surface area (Å²) in [6.07, 6.45) is 0. The van der Waals surface area contributed by atoms with E-state index in [1.54, 1.807) is 10.7 Å². The van der Waals surface area contributed by atoms with Gasteiger partial charge in [-0.15, -0.1) is 0 Å². The van der Waals surface area contributed by atoms with Crippen molar-refractivity contribution in [3.63, 3.8) is 0 Å². The second-order valence-corrected chi connectivity index (χ2v) is 7.94. The maximum atomic E-state index is 13.0. The molecule has 0 aliphatic carbocycles. The lowest BCUT2D eigenvalue weighted by molar-refractivity contribution is 0.0590. The number of aromatic nitrogens is 2. The summed E-state index contributed by atoms with van der Waals surface area (Å²) in [5.74, 6) is 0.688. The molecule has 1 unspecified atom stereocenters. The maximum Gasteiger partial charge on any atom is 0.274 e. The average molecular weight is 402 g/mol. The normalized spacial score (nSPS) is 17.4. The molecule has 0 N–H and O–H groups in total. The molecule has 1 saturated heterocycles. The molecular weight excluding hydrogens is 376 g/mol. The van der Waals surface area contributed by atoms with Gasteiger partial charge in [0.05, 0.1) is 12.6 Å². The summed E-state index contributed by atoms with van der Waals surface area (Å²) in [5.41, 5.74) is 4.38. The van der Waals surface area contributed by atoms with E-state index < -0.39 is 0 Å². The van der Waals surface area contributed by atoms with Gasteiger partial charge in [-0.25, -0.2) is 4.68 Å². The summed E-state index contributed by atoms with van der Waals surface area (Å²) in [6.45, 7) is 6.55. The van der Waals surface area contributed by atoms with Crippen molar-refractivity contribution in [2.45, 2.75) is 19.5 Å². The van der Waals surface area contributed by atoms with Crippen molar-refractivity contribution in [2.75, 3.05) is 32.8 Å². The Morgan fingerprint density at radius 3 is 2.43 bits per heavy atom. The number of fused-ring (bicyclic) bond motifs is 1. The van der Waals surface area contributed by atoms with Crippen LogP contribution in [0.25, 0.3) is 0 Å². The molecule has 1 fully saturated rings. The fraction of sp³-hybridized carbons (Fsp3) is 0.333. The summed E-state index contributed by atoms with van der Waals surface area (Å²) in [7, 11) is 0. The second kappa shape index (κ2) is 7.95. The summed E-state index contributed by atoms with van der Waals surface area (Å²) < 4.78 is 7.27. The van der Waals surface area contributed by atoms with Crippen LogP contribution in [0, 0.1) is 6.92 Å². The number of nitrogens with zero attached hydrogens (tertiary/aromatic N) is 4. The topological polar surface area (TPSA) is 50.6 Å². The SMILES string of the molecule is Cc1ccccc1C(c1ccccc1)N1CCN(C(=O)c2cc3n(n2)CCO3)CC1. The number of hydrogen-bond acceptors (Lipinski definition) is 4. The van der Waals surface area contributed by atoms with Gasteiger partial charge < -0.3 is 9.64 Å². The van der Waals surface area contributed by atoms with Crippen molar-refractivity contribution in [1.29, 1.82) is 0 Å². The molecule has 3 aromatic rings. The van der Waals surface area contributed by atoms with E-state index in [1.807, 2.05) is 4.90 Å². The molecule has 2 aromatic carbocycles. The van der Waals surface area contributed by atoms with E-state index >= 15 is 0 Å². The number of hydrogen-bond donors (Lipinski definition) is 0. The lowest BCUT2D eigenvalue weighted by atomic mass is 9.93. The Labute approximate surface area is 176 Å². The van der Waals surface area contributed by atoms with E-state index in [0.717, 1.165) is 13.1 Å². The van der Waals surface area contributed by atoms with Crippen molar-refractivity contribution < 1.29 is 9.53 Å². The Morgan fingerprint density at radius 1 is 0.967 bits per heavy atom. The molecular formula is C24H26N4O2. The highest BCUT2D eigenvalue weighted by atomic mass is 16.5. The van der Waals surface area contributed by atoms with E-state index in [1.165, 1.54) is 16.7 Å². The molecule has 6 heteroatoms. The van der Waals surface area contributed by atoms with E-state index in [4.69, 9.17) is 4.74 Å². The maximum absolute atomic E-state index is 13.0. The Hall–Kier alpha value is -3.12. The van der Waals surface area contributed by atoms with Gasteiger partial charge in [0.1, 0.15) is 6.61 Å². The average Bonchev–Trinajstić information content (AvgIpc) is 3.39. The Morgan fingerprint density at radius 2 is 1.70 bits per heavy atom. The predicted molar refractivity (Wildman–Crippen MR) is 115 cm³/mol. The molecule has 0 saturated carbocycles. The Kier molecular flexibility index (Phi) is 5.01. The molecule has 3 heterocycles. The standard InChI is InChI=1S/C24H26N4O2/c1-18-7-5-6-10-20(18)23(19-8-3-2-4-9-19)26-11-13-27(14-12-26)24(29)21-17-22-28(25-21)15-16-30-22/h2-10,17,23H,11-16H2,1H3. The van der Waals surface area contributed by atoms with Crippen LogP contribution in [0.5, 0.6) is 5.88 Å². The summed E-state index contributed by atoms with van der Waals surface area (Å²) >= 11 is 0. The molecule has 1 amide bonds. The highest BCUT2D eigenvalue weighted by Gasteiger charge is 2.30. The zero-order chi connectivity index (χ0) is 20.5. The largest absolute Gasteiger partial charge is 0.476 e. The van der Waals surface area contributed by atoms with Gasteiger partial charge in [-0.3, -0.25) is 9.69 Å². The first-order valence-corrected chi connectivity index (χ1v) is 10.5. The first kappa shape index (κ1) is 18.9. The molecule has 5 rings (SSSR count). The fourth-order valence-electron chi connectivity index (χ4n) is 4.48. The quantitative estimate of drug-likeness (QED) is 0.673. The minimum absolute atomic E-state index is 0.00713. The van der Waals surface area contributed by atoms with Crippen LogP contribution >= 0.6 is 0 Å². The van der Waals surface area contributed by atoms with E-state index in [-0.39, 0.29) is 11.9 Å². The molecule has 1 aromatic heterocycles. The van der Waals surface area contributed by atoms with Crippen molar-refractivity contribution in [2.24, 2.45) is 0 Å². The number of aryl methyl sites for hydroxylation is 1. The van der Waals surface area contributed by atoms with Crippen LogP contribution in [-0.2, 0) is 6.54 Å². The van der Waals surface area contributed by atoms with Gasteiger partial charge in [0.25, 0.3) is 5.91 Å². The van der Waals surface area contributed by atoms with Gasteiger partial charge in [0.2, 0.25) is 5.88 Å². The van der Waals surface area contributed by atoms with Gasteiger partial charge in [0, 0.05) is 32.2 Å². The van der Waals surface area contributed by atoms with Crippen molar-refractivity contribution in [3.05, 3.63) is 83.0 Å². The third kappa shape index (κ3) is 3.48. The lowest BCUT2D eigenvalue weighted by Crippen LogP contribution is -2.50. The van der Waals surface area contributed by atoms with Gasteiger partial charge in [0.15, 0.2) is 5.69 Å². The second-order valence-electron chi connectivity index (χ2n) is 7.94. The highest BCUT2D eigenvalue weighted by molar-refractivity contribution is 5.92. The number of carbonyl (C=O) groups excluding carboxylic acids is 1. The molecule has 2 aliphatic heterocycles. The van der Waals surface area contributed by atoms with E-state index in [0.29, 0.717) is 37.8 Å². The molecule has 6 nitrogen and oxygen atoms in total. The first-order chi connectivity index (χ1) is 14.7. The molecule has 0 bridgehead atoms. The molecule has 0 spiro atoms. The van der Waals surface area contributed by atoms with Crippen molar-refractivity contribution >= 4 is 5.91 Å². The van der Waals surface area contributed by atoms with Gasteiger partial charge in [-0.2, -0.15) is 5.10 Å². The zero-order valence-corrected chi connectivity index (χ0v) is 17.2. The van der Waals surface area contributed by atoms with Gasteiger partial charge in [-0.1, -0.05) is 54.6 Å².